The van der Waals surface area contributed by atoms with Crippen molar-refractivity contribution in [2.45, 2.75) is 38.3 Å². The monoisotopic (exact) mass is 485 g/mol. The van der Waals surface area contributed by atoms with Crippen molar-refractivity contribution in [3.05, 3.63) is 70.8 Å². The molecule has 3 aromatic heterocycles. The molecule has 9 nitrogen and oxygen atoms in total. The molecule has 5 aromatic rings. The van der Waals surface area contributed by atoms with Crippen LogP contribution in [-0.2, 0) is 0 Å². The molecule has 1 aliphatic rings. The summed E-state index contributed by atoms with van der Waals surface area (Å²) in [5.41, 5.74) is 8.54. The summed E-state index contributed by atoms with van der Waals surface area (Å²) >= 11 is 0. The molecule has 36 heavy (non-hydrogen) atoms. The molecule has 1 saturated carbocycles. The first-order valence-corrected chi connectivity index (χ1v) is 11.8. The van der Waals surface area contributed by atoms with Crippen LogP contribution >= 0.6 is 0 Å². The maximum absolute atomic E-state index is 14.0. The number of nitrogens with zero attached hydrogens (tertiary/aromatic N) is 6. The fraction of sp³-hybridized carbons (Fsp3) is 0.269. The zero-order chi connectivity index (χ0) is 25.0. The molecule has 10 heteroatoms. The van der Waals surface area contributed by atoms with Crippen LogP contribution in [-0.4, -0.2) is 36.4 Å². The molecule has 0 amide bonds. The predicted molar refractivity (Wildman–Crippen MR) is 134 cm³/mol. The van der Waals surface area contributed by atoms with E-state index < -0.39 is 11.9 Å². The summed E-state index contributed by atoms with van der Waals surface area (Å²) in [5.74, 6) is 1.15. The van der Waals surface area contributed by atoms with Gasteiger partial charge in [0, 0.05) is 11.6 Å². The van der Waals surface area contributed by atoms with Gasteiger partial charge in [0.25, 0.3) is 5.56 Å². The fourth-order valence-corrected chi connectivity index (χ4v) is 4.74. The van der Waals surface area contributed by atoms with Gasteiger partial charge in [0.1, 0.15) is 41.3 Å². The number of hydrogen-bond donors (Lipinski definition) is 1. The third kappa shape index (κ3) is 3.48. The van der Waals surface area contributed by atoms with Crippen LogP contribution in [0.4, 0.5) is 10.2 Å². The number of ether oxygens (including phenoxy) is 1. The molecule has 2 N–H and O–H groups in total. The summed E-state index contributed by atoms with van der Waals surface area (Å²) in [6, 6.07) is 11.3. The molecule has 0 aliphatic heterocycles. The minimum atomic E-state index is -0.460. The molecule has 1 fully saturated rings. The van der Waals surface area contributed by atoms with E-state index >= 15 is 0 Å². The van der Waals surface area contributed by atoms with Gasteiger partial charge in [-0.15, -0.1) is 0 Å². The summed E-state index contributed by atoms with van der Waals surface area (Å²) in [7, 11) is 1.61. The third-order valence-corrected chi connectivity index (χ3v) is 6.66. The Balaban J connectivity index is 1.60. The Labute approximate surface area is 205 Å². The van der Waals surface area contributed by atoms with Crippen molar-refractivity contribution in [1.82, 2.24) is 29.3 Å². The van der Waals surface area contributed by atoms with Crippen LogP contribution in [0.15, 0.2) is 53.6 Å². The van der Waals surface area contributed by atoms with Crippen molar-refractivity contribution in [3.8, 4) is 17.0 Å². The van der Waals surface area contributed by atoms with Crippen molar-refractivity contribution in [1.29, 1.82) is 0 Å². The molecular weight excluding hydrogens is 461 g/mol. The molecule has 0 spiro atoms. The second-order valence-electron chi connectivity index (χ2n) is 8.94. The molecule has 0 saturated heterocycles. The van der Waals surface area contributed by atoms with Crippen molar-refractivity contribution < 1.29 is 9.13 Å². The van der Waals surface area contributed by atoms with E-state index in [1.807, 2.05) is 31.2 Å². The number of fused-ring (bicyclic) bond motifs is 2. The number of halogens is 1. The molecule has 3 heterocycles. The number of rotatable bonds is 6. The Morgan fingerprint density at radius 3 is 2.64 bits per heavy atom. The van der Waals surface area contributed by atoms with Crippen LogP contribution in [0.5, 0.6) is 5.75 Å². The lowest BCUT2D eigenvalue weighted by atomic mass is 10.1. The zero-order valence-electron chi connectivity index (χ0n) is 19.8. The molecule has 1 aliphatic carbocycles. The van der Waals surface area contributed by atoms with Gasteiger partial charge < -0.3 is 10.5 Å². The lowest BCUT2D eigenvalue weighted by Gasteiger charge is -2.21. The van der Waals surface area contributed by atoms with Gasteiger partial charge in [-0.3, -0.25) is 9.36 Å². The molecule has 6 rings (SSSR count). The maximum atomic E-state index is 14.0. The van der Waals surface area contributed by atoms with Crippen molar-refractivity contribution in [2.75, 3.05) is 12.8 Å². The largest absolute Gasteiger partial charge is 0.497 e. The molecule has 2 aromatic carbocycles. The van der Waals surface area contributed by atoms with E-state index in [1.54, 1.807) is 22.4 Å². The number of anilines is 1. The molecule has 0 bridgehead atoms. The Morgan fingerprint density at radius 2 is 1.94 bits per heavy atom. The van der Waals surface area contributed by atoms with Crippen LogP contribution in [0.2, 0.25) is 0 Å². The predicted octanol–water partition coefficient (Wildman–Crippen LogP) is 4.27. The Morgan fingerprint density at radius 1 is 1.17 bits per heavy atom. The van der Waals surface area contributed by atoms with Gasteiger partial charge in [-0.2, -0.15) is 5.10 Å². The van der Waals surface area contributed by atoms with E-state index in [0.717, 1.165) is 24.2 Å². The average Bonchev–Trinajstić information content (AvgIpc) is 3.65. The van der Waals surface area contributed by atoms with Gasteiger partial charge in [-0.25, -0.2) is 24.0 Å². The summed E-state index contributed by atoms with van der Waals surface area (Å²) in [6.45, 7) is 2.01. The van der Waals surface area contributed by atoms with Gasteiger partial charge in [-0.1, -0.05) is 6.92 Å². The SMILES string of the molecule is CCC(c1nc2ccc(F)cc2c(=O)n1C1CC1)n1nc(-c2ccc(OC)cc2)c2c(N)ncnc21. The standard InChI is InChI=1S/C26H24FN7O2/c1-3-20(24-31-19-11-6-15(27)12-18(19)26(35)33(24)16-7-8-16)34-25-21(23(28)29-13-30-25)22(32-34)14-4-9-17(36-2)10-5-14/h4-6,9-13,16,20H,3,7-8H2,1-2H3,(H2,28,29,30). The van der Waals surface area contributed by atoms with Crippen molar-refractivity contribution >= 4 is 27.8 Å². The number of methoxy groups -OCH3 is 1. The third-order valence-electron chi connectivity index (χ3n) is 6.66. The lowest BCUT2D eigenvalue weighted by molar-refractivity contribution is 0.415. The summed E-state index contributed by atoms with van der Waals surface area (Å²) < 4.78 is 22.7. The number of nitrogen functional groups attached to an aromatic ring is 1. The number of nitrogens with two attached hydrogens (primary N) is 1. The Bertz CT molecular complexity index is 1670. The van der Waals surface area contributed by atoms with E-state index in [1.165, 1.54) is 18.5 Å². The molecular formula is C26H24FN7O2. The Kier molecular flexibility index (Phi) is 5.17. The van der Waals surface area contributed by atoms with Gasteiger partial charge >= 0.3 is 0 Å². The van der Waals surface area contributed by atoms with Gasteiger partial charge in [0.15, 0.2) is 5.65 Å². The summed E-state index contributed by atoms with van der Waals surface area (Å²) in [6.07, 6.45) is 3.75. The summed E-state index contributed by atoms with van der Waals surface area (Å²) in [5, 5.41) is 5.85. The lowest BCUT2D eigenvalue weighted by Crippen LogP contribution is -2.29. The second-order valence-corrected chi connectivity index (χ2v) is 8.94. The van der Waals surface area contributed by atoms with Crippen LogP contribution in [0.25, 0.3) is 33.2 Å². The smallest absolute Gasteiger partial charge is 0.261 e. The van der Waals surface area contributed by atoms with E-state index in [0.29, 0.717) is 40.3 Å². The molecule has 1 unspecified atom stereocenters. The quantitative estimate of drug-likeness (QED) is 0.382. The van der Waals surface area contributed by atoms with Gasteiger partial charge in [0.2, 0.25) is 0 Å². The van der Waals surface area contributed by atoms with Crippen LogP contribution < -0.4 is 16.0 Å². The fourth-order valence-electron chi connectivity index (χ4n) is 4.74. The summed E-state index contributed by atoms with van der Waals surface area (Å²) in [4.78, 5) is 27.1. The highest BCUT2D eigenvalue weighted by Crippen LogP contribution is 2.39. The molecule has 182 valence electrons. The van der Waals surface area contributed by atoms with E-state index in [-0.39, 0.29) is 17.0 Å². The first-order chi connectivity index (χ1) is 17.5. The average molecular weight is 486 g/mol. The minimum Gasteiger partial charge on any atom is -0.497 e. The topological polar surface area (TPSA) is 114 Å². The van der Waals surface area contributed by atoms with Crippen LogP contribution in [0.1, 0.15) is 44.1 Å². The van der Waals surface area contributed by atoms with Crippen molar-refractivity contribution in [3.63, 3.8) is 0 Å². The van der Waals surface area contributed by atoms with Gasteiger partial charge in [-0.05, 0) is 61.7 Å². The number of benzene rings is 2. The first kappa shape index (κ1) is 22.1. The number of hydrogen-bond acceptors (Lipinski definition) is 7. The Hall–Kier alpha value is -4.34. The normalized spacial score (nSPS) is 14.4. The second kappa shape index (κ2) is 8.40. The zero-order valence-corrected chi connectivity index (χ0v) is 19.8. The van der Waals surface area contributed by atoms with E-state index in [9.17, 15) is 9.18 Å². The highest BCUT2D eigenvalue weighted by molar-refractivity contribution is 5.98. The van der Waals surface area contributed by atoms with Crippen LogP contribution in [0, 0.1) is 5.82 Å². The van der Waals surface area contributed by atoms with Crippen molar-refractivity contribution in [2.24, 2.45) is 0 Å². The highest BCUT2D eigenvalue weighted by Gasteiger charge is 2.33. The minimum absolute atomic E-state index is 0.0318. The van der Waals surface area contributed by atoms with E-state index in [2.05, 4.69) is 9.97 Å². The number of aromatic nitrogens is 6. The first-order valence-electron chi connectivity index (χ1n) is 11.8. The maximum Gasteiger partial charge on any atom is 0.261 e. The van der Waals surface area contributed by atoms with E-state index in [4.69, 9.17) is 20.6 Å². The molecule has 1 atom stereocenters. The molecule has 0 radical (unpaired) electrons. The highest BCUT2D eigenvalue weighted by atomic mass is 19.1. The van der Waals surface area contributed by atoms with Crippen LogP contribution in [0.3, 0.4) is 0 Å². The van der Waals surface area contributed by atoms with Gasteiger partial charge in [0.05, 0.1) is 23.4 Å².